The van der Waals surface area contributed by atoms with Crippen LogP contribution in [0.15, 0.2) is 39.8 Å². The largest absolute Gasteiger partial charge is 0.446 e. The summed E-state index contributed by atoms with van der Waals surface area (Å²) in [4.78, 5) is 4.28. The van der Waals surface area contributed by atoms with Crippen molar-refractivity contribution in [2.24, 2.45) is 0 Å². The van der Waals surface area contributed by atoms with Crippen LogP contribution in [0.2, 0.25) is 0 Å². The number of benzene rings is 1. The van der Waals surface area contributed by atoms with E-state index < -0.39 is 5.51 Å². The van der Waals surface area contributed by atoms with E-state index in [-0.39, 0.29) is 22.5 Å². The van der Waals surface area contributed by atoms with Crippen molar-refractivity contribution in [3.05, 3.63) is 36.0 Å². The van der Waals surface area contributed by atoms with Gasteiger partial charge in [0.2, 0.25) is 5.82 Å². The number of hydrogen-bond donors (Lipinski definition) is 1. The van der Waals surface area contributed by atoms with Crippen molar-refractivity contribution in [1.82, 2.24) is 20.3 Å². The average Bonchev–Trinajstić information content (AvgIpc) is 3.06. The Labute approximate surface area is 126 Å². The van der Waals surface area contributed by atoms with Gasteiger partial charge >= 0.3 is 5.51 Å². The van der Waals surface area contributed by atoms with Crippen LogP contribution < -0.4 is 0 Å². The molecule has 0 spiro atoms. The summed E-state index contributed by atoms with van der Waals surface area (Å²) in [5, 5.41) is 10.6. The van der Waals surface area contributed by atoms with Gasteiger partial charge in [-0.3, -0.25) is 5.10 Å². The van der Waals surface area contributed by atoms with E-state index in [9.17, 15) is 13.2 Å². The highest BCUT2D eigenvalue weighted by Gasteiger charge is 2.29. The standard InChI is InChI=1S/C13H9F3N4OS/c1-7-6-10(19-18-7)12-17-11(20-21-12)8-2-4-9(5-3-8)22-13(14,15)16/h2-6H,1H3,(H,18,19). The van der Waals surface area contributed by atoms with Crippen molar-refractivity contribution in [3.63, 3.8) is 0 Å². The van der Waals surface area contributed by atoms with Gasteiger partial charge in [0.1, 0.15) is 0 Å². The minimum absolute atomic E-state index is 0.0999. The van der Waals surface area contributed by atoms with Crippen LogP contribution in [0.5, 0.6) is 0 Å². The lowest BCUT2D eigenvalue weighted by molar-refractivity contribution is -0.0328. The number of aromatic amines is 1. The second kappa shape index (κ2) is 5.48. The lowest BCUT2D eigenvalue weighted by Crippen LogP contribution is -1.98. The third-order valence-corrected chi connectivity index (χ3v) is 3.44. The summed E-state index contributed by atoms with van der Waals surface area (Å²) >= 11 is -0.169. The van der Waals surface area contributed by atoms with E-state index in [0.717, 1.165) is 5.69 Å². The molecule has 22 heavy (non-hydrogen) atoms. The molecule has 2 heterocycles. The van der Waals surface area contributed by atoms with Gasteiger partial charge in [-0.15, -0.1) is 0 Å². The highest BCUT2D eigenvalue weighted by molar-refractivity contribution is 8.00. The fourth-order valence-electron chi connectivity index (χ4n) is 1.78. The van der Waals surface area contributed by atoms with Gasteiger partial charge in [0.15, 0.2) is 5.69 Å². The molecule has 0 aliphatic rings. The Morgan fingerprint density at radius 1 is 1.18 bits per heavy atom. The molecule has 0 amide bonds. The van der Waals surface area contributed by atoms with E-state index in [1.165, 1.54) is 24.3 Å². The van der Waals surface area contributed by atoms with Crippen LogP contribution in [0, 0.1) is 6.92 Å². The van der Waals surface area contributed by atoms with E-state index in [2.05, 4.69) is 20.3 Å². The third-order valence-electron chi connectivity index (χ3n) is 2.70. The van der Waals surface area contributed by atoms with Crippen LogP contribution in [-0.2, 0) is 0 Å². The number of hydrogen-bond acceptors (Lipinski definition) is 5. The zero-order valence-corrected chi connectivity index (χ0v) is 12.0. The number of alkyl halides is 3. The molecule has 3 rings (SSSR count). The second-order valence-corrected chi connectivity index (χ2v) is 5.57. The monoisotopic (exact) mass is 326 g/mol. The molecule has 1 aromatic carbocycles. The quantitative estimate of drug-likeness (QED) is 0.736. The fourth-order valence-corrected chi connectivity index (χ4v) is 2.32. The summed E-state index contributed by atoms with van der Waals surface area (Å²) in [5.41, 5.74) is -2.38. The predicted molar refractivity (Wildman–Crippen MR) is 74.0 cm³/mol. The first-order valence-electron chi connectivity index (χ1n) is 6.13. The van der Waals surface area contributed by atoms with Gasteiger partial charge < -0.3 is 4.52 Å². The number of nitrogens with one attached hydrogen (secondary N) is 1. The van der Waals surface area contributed by atoms with Gasteiger partial charge in [-0.05, 0) is 49.0 Å². The molecular formula is C13H9F3N4OS. The van der Waals surface area contributed by atoms with Crippen molar-refractivity contribution in [3.8, 4) is 23.0 Å². The van der Waals surface area contributed by atoms with Crippen LogP contribution in [0.3, 0.4) is 0 Å². The molecule has 0 unspecified atom stereocenters. The molecule has 0 atom stereocenters. The molecule has 114 valence electrons. The molecule has 0 fully saturated rings. The topological polar surface area (TPSA) is 67.6 Å². The molecule has 0 saturated carbocycles. The normalized spacial score (nSPS) is 11.8. The lowest BCUT2D eigenvalue weighted by Gasteiger charge is -2.05. The Balaban J connectivity index is 1.81. The number of rotatable bonds is 3. The Kier molecular flexibility index (Phi) is 3.65. The van der Waals surface area contributed by atoms with Crippen LogP contribution in [0.1, 0.15) is 5.69 Å². The summed E-state index contributed by atoms with van der Waals surface area (Å²) < 4.78 is 41.9. The summed E-state index contributed by atoms with van der Waals surface area (Å²) in [6, 6.07) is 7.50. The smallest absolute Gasteiger partial charge is 0.332 e. The molecule has 0 bridgehead atoms. The average molecular weight is 326 g/mol. The molecule has 0 saturated heterocycles. The number of H-pyrrole nitrogens is 1. The molecule has 2 aromatic heterocycles. The molecular weight excluding hydrogens is 317 g/mol. The number of aryl methyl sites for hydroxylation is 1. The van der Waals surface area contributed by atoms with E-state index in [4.69, 9.17) is 4.52 Å². The van der Waals surface area contributed by atoms with Crippen molar-refractivity contribution >= 4 is 11.8 Å². The van der Waals surface area contributed by atoms with Gasteiger partial charge in [0.25, 0.3) is 5.89 Å². The van der Waals surface area contributed by atoms with Crippen LogP contribution in [-0.4, -0.2) is 25.8 Å². The maximum Gasteiger partial charge on any atom is 0.446 e. The summed E-state index contributed by atoms with van der Waals surface area (Å²) in [6.45, 7) is 1.84. The minimum Gasteiger partial charge on any atom is -0.332 e. The Bertz CT molecular complexity index is 779. The summed E-state index contributed by atoms with van der Waals surface area (Å²) in [6.07, 6.45) is 0. The van der Waals surface area contributed by atoms with E-state index in [0.29, 0.717) is 17.1 Å². The lowest BCUT2D eigenvalue weighted by atomic mass is 10.2. The molecule has 9 heteroatoms. The summed E-state index contributed by atoms with van der Waals surface area (Å²) in [7, 11) is 0. The number of nitrogens with zero attached hydrogens (tertiary/aromatic N) is 3. The Morgan fingerprint density at radius 3 is 2.50 bits per heavy atom. The van der Waals surface area contributed by atoms with Crippen LogP contribution in [0.4, 0.5) is 13.2 Å². The van der Waals surface area contributed by atoms with Crippen LogP contribution >= 0.6 is 11.8 Å². The van der Waals surface area contributed by atoms with Gasteiger partial charge in [0, 0.05) is 16.2 Å². The van der Waals surface area contributed by atoms with Gasteiger partial charge in [0.05, 0.1) is 0 Å². The zero-order chi connectivity index (χ0) is 15.7. The van der Waals surface area contributed by atoms with E-state index in [1.807, 2.05) is 6.92 Å². The number of aromatic nitrogens is 4. The predicted octanol–water partition coefficient (Wildman–Crippen LogP) is 4.05. The first kappa shape index (κ1) is 14.6. The number of thioether (sulfide) groups is 1. The third kappa shape index (κ3) is 3.30. The second-order valence-electron chi connectivity index (χ2n) is 4.43. The minimum atomic E-state index is -4.31. The molecule has 0 radical (unpaired) electrons. The zero-order valence-electron chi connectivity index (χ0n) is 11.2. The van der Waals surface area contributed by atoms with Crippen molar-refractivity contribution in [2.45, 2.75) is 17.3 Å². The Morgan fingerprint density at radius 2 is 1.91 bits per heavy atom. The molecule has 1 N–H and O–H groups in total. The van der Waals surface area contributed by atoms with Gasteiger partial charge in [-0.25, -0.2) is 0 Å². The van der Waals surface area contributed by atoms with E-state index in [1.54, 1.807) is 6.07 Å². The first-order valence-corrected chi connectivity index (χ1v) is 6.95. The molecule has 0 aliphatic heterocycles. The van der Waals surface area contributed by atoms with Gasteiger partial charge in [-0.2, -0.15) is 23.3 Å². The fraction of sp³-hybridized carbons (Fsp3) is 0.154. The highest BCUT2D eigenvalue weighted by Crippen LogP contribution is 2.37. The highest BCUT2D eigenvalue weighted by atomic mass is 32.2. The van der Waals surface area contributed by atoms with Crippen LogP contribution in [0.25, 0.3) is 23.0 Å². The SMILES string of the molecule is Cc1cc(-c2nc(-c3ccc(SC(F)(F)F)cc3)no2)n[nH]1. The Hall–Kier alpha value is -2.29. The van der Waals surface area contributed by atoms with Gasteiger partial charge in [-0.1, -0.05) is 5.16 Å². The molecule has 0 aliphatic carbocycles. The first-order chi connectivity index (χ1) is 10.4. The molecule has 3 aromatic rings. The number of halogens is 3. The van der Waals surface area contributed by atoms with Crippen molar-refractivity contribution < 1.29 is 17.7 Å². The van der Waals surface area contributed by atoms with E-state index >= 15 is 0 Å². The van der Waals surface area contributed by atoms with Crippen molar-refractivity contribution in [1.29, 1.82) is 0 Å². The summed E-state index contributed by atoms with van der Waals surface area (Å²) in [5.74, 6) is 0.535. The van der Waals surface area contributed by atoms with Crippen molar-refractivity contribution in [2.75, 3.05) is 0 Å². The maximum atomic E-state index is 12.3. The molecule has 5 nitrogen and oxygen atoms in total. The maximum absolute atomic E-state index is 12.3.